The van der Waals surface area contributed by atoms with Crippen molar-refractivity contribution in [2.45, 2.75) is 11.8 Å². The third kappa shape index (κ3) is 3.66. The number of methoxy groups -OCH3 is 1. The minimum absolute atomic E-state index is 0.0299. The summed E-state index contributed by atoms with van der Waals surface area (Å²) in [5.74, 6) is 0.279. The Labute approximate surface area is 180 Å². The molecule has 0 aliphatic carbocycles. The Balaban J connectivity index is 1.76. The van der Waals surface area contributed by atoms with Crippen molar-refractivity contribution in [2.24, 2.45) is 0 Å². The summed E-state index contributed by atoms with van der Waals surface area (Å²) in [6.07, 6.45) is 0. The van der Waals surface area contributed by atoms with Crippen molar-refractivity contribution in [1.82, 2.24) is 0 Å². The normalized spacial score (nSPS) is 14.8. The second-order valence-electron chi connectivity index (χ2n) is 7.09. The summed E-state index contributed by atoms with van der Waals surface area (Å²) in [5, 5.41) is 0. The van der Waals surface area contributed by atoms with Crippen LogP contribution < -0.4 is 13.9 Å². The molecule has 4 rings (SSSR count). The first-order chi connectivity index (χ1) is 14.8. The van der Waals surface area contributed by atoms with E-state index in [1.165, 1.54) is 24.1 Å². The lowest BCUT2D eigenvalue weighted by Gasteiger charge is -2.35. The topological polar surface area (TPSA) is 84.0 Å². The van der Waals surface area contributed by atoms with Gasteiger partial charge in [-0.25, -0.2) is 13.2 Å². The molecule has 3 aromatic rings. The number of Topliss-reactive ketones (excluding diaryl/α,β-unsaturated/α-hetero) is 1. The average Bonchev–Trinajstić information content (AvgIpc) is 2.78. The number of hydrogen-bond acceptors (Lipinski definition) is 5. The van der Waals surface area contributed by atoms with Crippen LogP contribution in [0, 0.1) is 6.92 Å². The molecule has 2 amide bonds. The van der Waals surface area contributed by atoms with E-state index in [4.69, 9.17) is 4.74 Å². The van der Waals surface area contributed by atoms with Gasteiger partial charge in [0.15, 0.2) is 5.78 Å². The molecule has 3 aromatic carbocycles. The maximum absolute atomic E-state index is 13.4. The number of carbonyl (C=O) groups excluding carboxylic acids is 2. The molecule has 158 valence electrons. The lowest BCUT2D eigenvalue weighted by molar-refractivity contribution is 0.0999. The molecule has 0 radical (unpaired) electrons. The van der Waals surface area contributed by atoms with Crippen LogP contribution in [0.25, 0.3) is 0 Å². The number of ketones is 1. The van der Waals surface area contributed by atoms with Crippen LogP contribution >= 0.6 is 0 Å². The number of amides is 2. The molecule has 0 bridgehead atoms. The van der Waals surface area contributed by atoms with Crippen molar-refractivity contribution < 1.29 is 22.7 Å². The van der Waals surface area contributed by atoms with Crippen molar-refractivity contribution in [2.75, 3.05) is 22.9 Å². The summed E-state index contributed by atoms with van der Waals surface area (Å²) in [6.45, 7) is 1.56. The molecule has 1 aliphatic rings. The maximum Gasteiger partial charge on any atom is 0.343 e. The smallest absolute Gasteiger partial charge is 0.343 e. The number of para-hydroxylation sites is 1. The van der Waals surface area contributed by atoms with E-state index in [1.54, 1.807) is 60.7 Å². The first-order valence-electron chi connectivity index (χ1n) is 9.52. The van der Waals surface area contributed by atoms with E-state index in [2.05, 4.69) is 0 Å². The molecule has 0 unspecified atom stereocenters. The quantitative estimate of drug-likeness (QED) is 0.564. The number of nitrogens with zero attached hydrogens (tertiary/aromatic N) is 2. The molecule has 0 saturated heterocycles. The summed E-state index contributed by atoms with van der Waals surface area (Å²) in [6, 6.07) is 18.5. The third-order valence-electron chi connectivity index (χ3n) is 5.06. The number of aryl methyl sites for hydroxylation is 1. The summed E-state index contributed by atoms with van der Waals surface area (Å²) in [4.78, 5) is 27.4. The molecule has 8 heteroatoms. The van der Waals surface area contributed by atoms with E-state index in [1.807, 2.05) is 6.92 Å². The lowest BCUT2D eigenvalue weighted by Crippen LogP contribution is -2.52. The largest absolute Gasteiger partial charge is 0.497 e. The molecule has 1 aliphatic heterocycles. The standard InChI is InChI=1S/C23H20N2O5S/c1-16-7-11-18(12-8-16)25-23(27)24(20-5-3-4-6-22(20)31(25,28)29)15-21(26)17-9-13-19(30-2)14-10-17/h3-14H,15H2,1-2H3. The predicted octanol–water partition coefficient (Wildman–Crippen LogP) is 4.02. The highest BCUT2D eigenvalue weighted by Gasteiger charge is 2.43. The number of ether oxygens (including phenoxy) is 1. The van der Waals surface area contributed by atoms with Gasteiger partial charge in [0.1, 0.15) is 10.6 Å². The molecule has 0 aromatic heterocycles. The number of rotatable bonds is 5. The van der Waals surface area contributed by atoms with E-state index < -0.39 is 16.1 Å². The van der Waals surface area contributed by atoms with Crippen LogP contribution in [0.5, 0.6) is 5.75 Å². The highest BCUT2D eigenvalue weighted by atomic mass is 32.2. The first-order valence-corrected chi connectivity index (χ1v) is 11.0. The highest BCUT2D eigenvalue weighted by Crippen LogP contribution is 2.37. The number of anilines is 2. The lowest BCUT2D eigenvalue weighted by atomic mass is 10.1. The van der Waals surface area contributed by atoms with Crippen LogP contribution in [0.2, 0.25) is 0 Å². The van der Waals surface area contributed by atoms with Gasteiger partial charge in [0.2, 0.25) is 0 Å². The Morgan fingerprint density at radius 1 is 0.935 bits per heavy atom. The second-order valence-corrected chi connectivity index (χ2v) is 8.85. The third-order valence-corrected chi connectivity index (χ3v) is 6.81. The van der Waals surface area contributed by atoms with Crippen molar-refractivity contribution in [3.63, 3.8) is 0 Å². The minimum atomic E-state index is -4.13. The predicted molar refractivity (Wildman–Crippen MR) is 117 cm³/mol. The van der Waals surface area contributed by atoms with Gasteiger partial charge in [-0.1, -0.05) is 29.8 Å². The zero-order valence-corrected chi connectivity index (χ0v) is 17.8. The number of benzene rings is 3. The van der Waals surface area contributed by atoms with E-state index in [0.29, 0.717) is 11.3 Å². The zero-order chi connectivity index (χ0) is 22.2. The van der Waals surface area contributed by atoms with Crippen molar-refractivity contribution >= 4 is 33.2 Å². The van der Waals surface area contributed by atoms with Crippen molar-refractivity contribution in [3.05, 3.63) is 83.9 Å². The van der Waals surface area contributed by atoms with Gasteiger partial charge in [0, 0.05) is 5.56 Å². The van der Waals surface area contributed by atoms with Crippen molar-refractivity contribution in [3.8, 4) is 5.75 Å². The van der Waals surface area contributed by atoms with E-state index in [0.717, 1.165) is 9.87 Å². The molecule has 0 fully saturated rings. The van der Waals surface area contributed by atoms with Crippen LogP contribution in [0.3, 0.4) is 0 Å². The van der Waals surface area contributed by atoms with Gasteiger partial charge in [-0.05, 0) is 55.5 Å². The molecule has 31 heavy (non-hydrogen) atoms. The summed E-state index contributed by atoms with van der Waals surface area (Å²) in [5.41, 5.74) is 1.71. The molecular weight excluding hydrogens is 416 g/mol. The fourth-order valence-corrected chi connectivity index (χ4v) is 5.00. The Morgan fingerprint density at radius 3 is 2.23 bits per heavy atom. The van der Waals surface area contributed by atoms with E-state index in [9.17, 15) is 18.0 Å². The van der Waals surface area contributed by atoms with E-state index in [-0.39, 0.29) is 28.6 Å². The van der Waals surface area contributed by atoms with Gasteiger partial charge in [-0.3, -0.25) is 9.69 Å². The van der Waals surface area contributed by atoms with Gasteiger partial charge in [0.25, 0.3) is 10.0 Å². The molecule has 1 heterocycles. The fraction of sp³-hybridized carbons (Fsp3) is 0.130. The maximum atomic E-state index is 13.4. The molecule has 0 atom stereocenters. The fourth-order valence-electron chi connectivity index (χ4n) is 3.41. The number of fused-ring (bicyclic) bond motifs is 1. The Bertz CT molecular complexity index is 1250. The summed E-state index contributed by atoms with van der Waals surface area (Å²) in [7, 11) is -2.60. The molecule has 0 N–H and O–H groups in total. The average molecular weight is 436 g/mol. The molecule has 7 nitrogen and oxygen atoms in total. The second kappa shape index (κ2) is 7.88. The van der Waals surface area contributed by atoms with Crippen LogP contribution in [0.1, 0.15) is 15.9 Å². The van der Waals surface area contributed by atoms with Gasteiger partial charge in [0.05, 0.1) is 25.0 Å². The van der Waals surface area contributed by atoms with Crippen LogP contribution in [-0.2, 0) is 10.0 Å². The van der Waals surface area contributed by atoms with Crippen LogP contribution in [0.15, 0.2) is 77.7 Å². The molecule has 0 saturated carbocycles. The minimum Gasteiger partial charge on any atom is -0.497 e. The number of urea groups is 1. The van der Waals surface area contributed by atoms with Crippen molar-refractivity contribution in [1.29, 1.82) is 0 Å². The Kier molecular flexibility index (Phi) is 5.24. The van der Waals surface area contributed by atoms with Gasteiger partial charge >= 0.3 is 6.03 Å². The molecular formula is C23H20N2O5S. The Morgan fingerprint density at radius 2 is 1.58 bits per heavy atom. The van der Waals surface area contributed by atoms with Crippen LogP contribution in [0.4, 0.5) is 16.2 Å². The number of sulfonamides is 1. The number of carbonyl (C=O) groups is 2. The monoisotopic (exact) mass is 436 g/mol. The summed E-state index contributed by atoms with van der Waals surface area (Å²) >= 11 is 0. The SMILES string of the molecule is COc1ccc(C(=O)CN2C(=O)N(c3ccc(C)cc3)S(=O)(=O)c3ccccc32)cc1. The van der Waals surface area contributed by atoms with Gasteiger partial charge in [-0.15, -0.1) is 0 Å². The van der Waals surface area contributed by atoms with Crippen LogP contribution in [-0.4, -0.2) is 33.9 Å². The first kappa shape index (κ1) is 20.6. The van der Waals surface area contributed by atoms with Gasteiger partial charge in [-0.2, -0.15) is 4.31 Å². The summed E-state index contributed by atoms with van der Waals surface area (Å²) < 4.78 is 32.4. The number of hydrogen-bond donors (Lipinski definition) is 0. The Hall–Kier alpha value is -3.65. The zero-order valence-electron chi connectivity index (χ0n) is 17.0. The highest BCUT2D eigenvalue weighted by molar-refractivity contribution is 7.94. The molecule has 0 spiro atoms. The van der Waals surface area contributed by atoms with E-state index >= 15 is 0 Å². The van der Waals surface area contributed by atoms with Gasteiger partial charge < -0.3 is 4.74 Å².